The van der Waals surface area contributed by atoms with E-state index in [1.54, 1.807) is 24.3 Å². The second kappa shape index (κ2) is 9.10. The molecule has 2 aromatic rings. The molecule has 0 aliphatic rings. The van der Waals surface area contributed by atoms with E-state index in [-0.39, 0.29) is 5.56 Å². The van der Waals surface area contributed by atoms with Gasteiger partial charge in [-0.3, -0.25) is 4.79 Å². The molecular weight excluding hydrogens is 364 g/mol. The van der Waals surface area contributed by atoms with Crippen LogP contribution in [0.3, 0.4) is 0 Å². The van der Waals surface area contributed by atoms with Crippen molar-refractivity contribution in [3.8, 4) is 0 Å². The van der Waals surface area contributed by atoms with Crippen molar-refractivity contribution in [3.63, 3.8) is 0 Å². The highest BCUT2D eigenvalue weighted by Gasteiger charge is 2.15. The number of carbonyl (C=O) groups excluding carboxylic acids is 2. The average Bonchev–Trinajstić information content (AvgIpc) is 2.58. The van der Waals surface area contributed by atoms with Crippen LogP contribution in [-0.4, -0.2) is 18.5 Å². The zero-order valence-corrected chi connectivity index (χ0v) is 14.6. The van der Waals surface area contributed by atoms with E-state index in [4.69, 9.17) is 16.3 Å². The monoisotopic (exact) mass is 379 g/mol. The molecule has 0 radical (unpaired) electrons. The molecule has 0 aliphatic carbocycles. The minimum atomic E-state index is -0.765. The maximum Gasteiger partial charge on any atom is 0.331 e. The molecule has 0 fully saturated rings. The molecule has 0 bridgehead atoms. The number of amides is 1. The lowest BCUT2D eigenvalue weighted by molar-refractivity contribution is -0.144. The highest BCUT2D eigenvalue weighted by atomic mass is 35.5. The summed E-state index contributed by atoms with van der Waals surface area (Å²) in [6.07, 6.45) is 2.67. The molecule has 4 nitrogen and oxygen atoms in total. The minimum absolute atomic E-state index is 0.131. The Bertz CT molecular complexity index is 839. The van der Waals surface area contributed by atoms with E-state index in [1.165, 1.54) is 25.1 Å². The molecule has 0 saturated carbocycles. The van der Waals surface area contributed by atoms with Crippen molar-refractivity contribution in [1.29, 1.82) is 0 Å². The number of esters is 1. The molecule has 0 aliphatic heterocycles. The molecule has 0 heterocycles. The molecule has 136 valence electrons. The predicted molar refractivity (Wildman–Crippen MR) is 94.4 cm³/mol. The van der Waals surface area contributed by atoms with Crippen molar-refractivity contribution in [2.45, 2.75) is 13.0 Å². The number of halogens is 3. The van der Waals surface area contributed by atoms with Crippen molar-refractivity contribution in [3.05, 3.63) is 76.3 Å². The summed E-state index contributed by atoms with van der Waals surface area (Å²) in [5, 5.41) is 3.00. The molecule has 0 spiro atoms. The quantitative estimate of drug-likeness (QED) is 0.608. The van der Waals surface area contributed by atoms with E-state index in [0.717, 1.165) is 12.1 Å². The van der Waals surface area contributed by atoms with Crippen LogP contribution in [0.1, 0.15) is 24.1 Å². The zero-order valence-electron chi connectivity index (χ0n) is 13.8. The second-order valence-electron chi connectivity index (χ2n) is 5.45. The third kappa shape index (κ3) is 5.97. The summed E-state index contributed by atoms with van der Waals surface area (Å²) < 4.78 is 31.4. The Hall–Kier alpha value is -2.73. The fourth-order valence-electron chi connectivity index (χ4n) is 2.17. The number of carbonyl (C=O) groups is 2. The number of rotatable bonds is 6. The lowest BCUT2D eigenvalue weighted by atomic mass is 10.1. The fourth-order valence-corrected chi connectivity index (χ4v) is 2.37. The number of hydrogen-bond acceptors (Lipinski definition) is 3. The van der Waals surface area contributed by atoms with Gasteiger partial charge in [0, 0.05) is 22.7 Å². The van der Waals surface area contributed by atoms with Crippen molar-refractivity contribution >= 4 is 29.6 Å². The van der Waals surface area contributed by atoms with Gasteiger partial charge in [-0.25, -0.2) is 13.6 Å². The number of benzene rings is 2. The fraction of sp³-hybridized carbons (Fsp3) is 0.158. The first-order chi connectivity index (χ1) is 12.3. The van der Waals surface area contributed by atoms with Crippen molar-refractivity contribution < 1.29 is 23.1 Å². The maximum atomic E-state index is 13.7. The molecule has 26 heavy (non-hydrogen) atoms. The van der Waals surface area contributed by atoms with Gasteiger partial charge in [-0.1, -0.05) is 29.8 Å². The smallest absolute Gasteiger partial charge is 0.331 e. The Labute approximate surface area is 154 Å². The lowest BCUT2D eigenvalue weighted by Gasteiger charge is -2.15. The first-order valence-electron chi connectivity index (χ1n) is 7.70. The van der Waals surface area contributed by atoms with Gasteiger partial charge < -0.3 is 10.1 Å². The van der Waals surface area contributed by atoms with Gasteiger partial charge in [0.2, 0.25) is 0 Å². The van der Waals surface area contributed by atoms with Gasteiger partial charge in [0.05, 0.1) is 6.04 Å². The van der Waals surface area contributed by atoms with Crippen LogP contribution in [-0.2, 0) is 14.3 Å². The summed E-state index contributed by atoms with van der Waals surface area (Å²) in [5.74, 6) is -2.78. The van der Waals surface area contributed by atoms with Crippen LogP contribution in [0.2, 0.25) is 5.02 Å². The van der Waals surface area contributed by atoms with E-state index < -0.39 is 36.2 Å². The SMILES string of the molecule is C[C@H](NC(=O)COC(=O)/C=C/c1cccc(Cl)c1)c1ccc(F)cc1F. The van der Waals surface area contributed by atoms with E-state index >= 15 is 0 Å². The summed E-state index contributed by atoms with van der Waals surface area (Å²) >= 11 is 5.83. The summed E-state index contributed by atoms with van der Waals surface area (Å²) in [5.41, 5.74) is 0.839. The summed E-state index contributed by atoms with van der Waals surface area (Å²) in [7, 11) is 0. The van der Waals surface area contributed by atoms with Crippen molar-refractivity contribution in [1.82, 2.24) is 5.32 Å². The van der Waals surface area contributed by atoms with E-state index in [0.29, 0.717) is 10.6 Å². The van der Waals surface area contributed by atoms with Gasteiger partial charge in [-0.2, -0.15) is 0 Å². The number of hydrogen-bond donors (Lipinski definition) is 1. The normalized spacial score (nSPS) is 12.0. The molecular formula is C19H16ClF2NO3. The molecule has 7 heteroatoms. The van der Waals surface area contributed by atoms with E-state index in [9.17, 15) is 18.4 Å². The van der Waals surface area contributed by atoms with Crippen LogP contribution in [0.15, 0.2) is 48.5 Å². The number of ether oxygens (including phenoxy) is 1. The molecule has 0 aromatic heterocycles. The second-order valence-corrected chi connectivity index (χ2v) is 5.89. The van der Waals surface area contributed by atoms with Crippen LogP contribution in [0.25, 0.3) is 6.08 Å². The maximum absolute atomic E-state index is 13.7. The highest BCUT2D eigenvalue weighted by molar-refractivity contribution is 6.30. The largest absolute Gasteiger partial charge is 0.452 e. The van der Waals surface area contributed by atoms with E-state index in [1.807, 2.05) is 0 Å². The summed E-state index contributed by atoms with van der Waals surface area (Å²) in [6.45, 7) is 1.01. The molecule has 1 atom stereocenters. The predicted octanol–water partition coefficient (Wildman–Crippen LogP) is 4.05. The topological polar surface area (TPSA) is 55.4 Å². The molecule has 0 unspecified atom stereocenters. The Morgan fingerprint density at radius 1 is 1.23 bits per heavy atom. The summed E-state index contributed by atoms with van der Waals surface area (Å²) in [6, 6.07) is 9.22. The molecule has 1 N–H and O–H groups in total. The van der Waals surface area contributed by atoms with Crippen LogP contribution < -0.4 is 5.32 Å². The van der Waals surface area contributed by atoms with Crippen LogP contribution >= 0.6 is 11.6 Å². The Kier molecular flexibility index (Phi) is 6.86. The first kappa shape index (κ1) is 19.6. The third-order valence-corrected chi connectivity index (χ3v) is 3.65. The van der Waals surface area contributed by atoms with Crippen molar-refractivity contribution in [2.75, 3.05) is 6.61 Å². The number of nitrogens with one attached hydrogen (secondary N) is 1. The van der Waals surface area contributed by atoms with Gasteiger partial charge in [-0.15, -0.1) is 0 Å². The Morgan fingerprint density at radius 2 is 2.00 bits per heavy atom. The standard InChI is InChI=1S/C19H16ClF2NO3/c1-12(16-7-6-15(21)10-17(16)22)23-18(24)11-26-19(25)8-5-13-3-2-4-14(20)9-13/h2-10,12H,11H2,1H3,(H,23,24)/b8-5+/t12-/m0/s1. The van der Waals surface area contributed by atoms with Crippen LogP contribution in [0, 0.1) is 11.6 Å². The van der Waals surface area contributed by atoms with Gasteiger partial charge in [-0.05, 0) is 36.8 Å². The highest BCUT2D eigenvalue weighted by Crippen LogP contribution is 2.17. The molecule has 0 saturated heterocycles. The Morgan fingerprint density at radius 3 is 2.69 bits per heavy atom. The minimum Gasteiger partial charge on any atom is -0.452 e. The van der Waals surface area contributed by atoms with Gasteiger partial charge >= 0.3 is 5.97 Å². The first-order valence-corrected chi connectivity index (χ1v) is 8.07. The lowest BCUT2D eigenvalue weighted by Crippen LogP contribution is -2.31. The molecule has 2 rings (SSSR count). The van der Waals surface area contributed by atoms with Crippen LogP contribution in [0.5, 0.6) is 0 Å². The Balaban J connectivity index is 1.83. The van der Waals surface area contributed by atoms with Crippen molar-refractivity contribution in [2.24, 2.45) is 0 Å². The summed E-state index contributed by atoms with van der Waals surface area (Å²) in [4.78, 5) is 23.4. The van der Waals surface area contributed by atoms with E-state index in [2.05, 4.69) is 5.32 Å². The van der Waals surface area contributed by atoms with Crippen LogP contribution in [0.4, 0.5) is 8.78 Å². The van der Waals surface area contributed by atoms with Gasteiger partial charge in [0.25, 0.3) is 5.91 Å². The van der Waals surface area contributed by atoms with Gasteiger partial charge in [0.15, 0.2) is 6.61 Å². The van der Waals surface area contributed by atoms with Gasteiger partial charge in [0.1, 0.15) is 11.6 Å². The average molecular weight is 380 g/mol. The molecule has 1 amide bonds. The zero-order chi connectivity index (χ0) is 19.1. The molecule has 2 aromatic carbocycles. The third-order valence-electron chi connectivity index (χ3n) is 3.41.